The molecule has 0 unspecified atom stereocenters. The van der Waals surface area contributed by atoms with Crippen LogP contribution in [0.4, 0.5) is 22.7 Å². The zero-order valence-corrected chi connectivity index (χ0v) is 16.5. The van der Waals surface area contributed by atoms with Crippen molar-refractivity contribution in [3.63, 3.8) is 0 Å². The van der Waals surface area contributed by atoms with Gasteiger partial charge in [-0.2, -0.15) is 20.5 Å². The average molecular weight is 371 g/mol. The maximum atomic E-state index is 4.30. The van der Waals surface area contributed by atoms with Gasteiger partial charge in [-0.1, -0.05) is 51.0 Å². The van der Waals surface area contributed by atoms with Crippen LogP contribution in [0.5, 0.6) is 0 Å². The molecule has 0 amide bonds. The van der Waals surface area contributed by atoms with Gasteiger partial charge in [0.15, 0.2) is 0 Å². The molecule has 0 spiro atoms. The molecule has 4 heteroatoms. The Hall–Kier alpha value is -3.14. The van der Waals surface area contributed by atoms with Crippen LogP contribution in [0.3, 0.4) is 0 Å². The molecule has 0 aliphatic heterocycles. The summed E-state index contributed by atoms with van der Waals surface area (Å²) in [5.74, 6) is 0. The van der Waals surface area contributed by atoms with E-state index in [1.165, 1.54) is 11.1 Å². The normalized spacial score (nSPS) is 11.5. The Morgan fingerprint density at radius 2 is 0.679 bits per heavy atom. The van der Waals surface area contributed by atoms with Gasteiger partial charge in [0.25, 0.3) is 0 Å². The molecule has 28 heavy (non-hydrogen) atoms. The van der Waals surface area contributed by atoms with Crippen molar-refractivity contribution < 1.29 is 0 Å². The summed E-state index contributed by atoms with van der Waals surface area (Å²) < 4.78 is 0. The van der Waals surface area contributed by atoms with Crippen molar-refractivity contribution in [2.24, 2.45) is 20.5 Å². The zero-order valence-electron chi connectivity index (χ0n) is 16.5. The summed E-state index contributed by atoms with van der Waals surface area (Å²) in [6, 6.07) is 24.0. The number of aryl methyl sites for hydroxylation is 2. The highest BCUT2D eigenvalue weighted by atomic mass is 15.1. The number of azo groups is 2. The average Bonchev–Trinajstić information content (AvgIpc) is 2.74. The van der Waals surface area contributed by atoms with E-state index in [0.29, 0.717) is 0 Å². The fourth-order valence-electron chi connectivity index (χ4n) is 2.85. The Kier molecular flexibility index (Phi) is 7.19. The van der Waals surface area contributed by atoms with E-state index >= 15 is 0 Å². The quantitative estimate of drug-likeness (QED) is 0.357. The van der Waals surface area contributed by atoms with Gasteiger partial charge in [-0.15, -0.1) is 0 Å². The molecule has 3 aromatic rings. The van der Waals surface area contributed by atoms with E-state index in [2.05, 4.69) is 58.6 Å². The fraction of sp³-hybridized carbons (Fsp3) is 0.250. The lowest BCUT2D eigenvalue weighted by molar-refractivity contribution is 0.921. The Morgan fingerprint density at radius 3 is 0.929 bits per heavy atom. The summed E-state index contributed by atoms with van der Waals surface area (Å²) >= 11 is 0. The van der Waals surface area contributed by atoms with E-state index in [0.717, 1.165) is 48.4 Å². The van der Waals surface area contributed by atoms with Crippen molar-refractivity contribution in [3.8, 4) is 0 Å². The molecule has 0 saturated carbocycles. The van der Waals surface area contributed by atoms with E-state index in [4.69, 9.17) is 0 Å². The SMILES string of the molecule is CCCc1ccc(N=Nc2ccc(N=Nc3ccc(CCC)cc3)cc2)cc1. The van der Waals surface area contributed by atoms with Crippen LogP contribution in [0.25, 0.3) is 0 Å². The second-order valence-electron chi connectivity index (χ2n) is 6.75. The third-order valence-electron chi connectivity index (χ3n) is 4.36. The van der Waals surface area contributed by atoms with Crippen LogP contribution in [0.15, 0.2) is 93.3 Å². The Balaban J connectivity index is 1.59. The van der Waals surface area contributed by atoms with Crippen LogP contribution in [0.2, 0.25) is 0 Å². The summed E-state index contributed by atoms with van der Waals surface area (Å²) in [7, 11) is 0. The van der Waals surface area contributed by atoms with Crippen molar-refractivity contribution in [2.75, 3.05) is 0 Å². The van der Waals surface area contributed by atoms with Gasteiger partial charge in [0.05, 0.1) is 22.7 Å². The predicted octanol–water partition coefficient (Wildman–Crippen LogP) is 8.42. The van der Waals surface area contributed by atoms with Crippen molar-refractivity contribution in [3.05, 3.63) is 83.9 Å². The van der Waals surface area contributed by atoms with Gasteiger partial charge in [-0.25, -0.2) is 0 Å². The van der Waals surface area contributed by atoms with E-state index in [1.807, 2.05) is 48.5 Å². The molecule has 3 rings (SSSR count). The summed E-state index contributed by atoms with van der Waals surface area (Å²) in [6.07, 6.45) is 4.48. The molecule has 0 N–H and O–H groups in total. The fourth-order valence-corrected chi connectivity index (χ4v) is 2.85. The van der Waals surface area contributed by atoms with Crippen LogP contribution < -0.4 is 0 Å². The molecular weight excluding hydrogens is 344 g/mol. The molecule has 0 atom stereocenters. The van der Waals surface area contributed by atoms with Crippen LogP contribution in [-0.2, 0) is 12.8 Å². The van der Waals surface area contributed by atoms with Crippen LogP contribution in [0.1, 0.15) is 37.8 Å². The largest absolute Gasteiger partial charge is 0.151 e. The Labute approximate surface area is 167 Å². The number of hydrogen-bond acceptors (Lipinski definition) is 4. The van der Waals surface area contributed by atoms with E-state index < -0.39 is 0 Å². The summed E-state index contributed by atoms with van der Waals surface area (Å²) in [6.45, 7) is 4.36. The van der Waals surface area contributed by atoms with Gasteiger partial charge in [-0.05, 0) is 72.5 Å². The first-order valence-electron chi connectivity index (χ1n) is 9.88. The molecule has 0 fully saturated rings. The Morgan fingerprint density at radius 1 is 0.429 bits per heavy atom. The highest BCUT2D eigenvalue weighted by Gasteiger charge is 1.96. The number of rotatable bonds is 8. The molecule has 3 aromatic carbocycles. The number of hydrogen-bond donors (Lipinski definition) is 0. The molecule has 0 aliphatic rings. The lowest BCUT2D eigenvalue weighted by Gasteiger charge is -1.99. The molecule has 0 aliphatic carbocycles. The van der Waals surface area contributed by atoms with Gasteiger partial charge in [0.1, 0.15) is 0 Å². The van der Waals surface area contributed by atoms with E-state index in [-0.39, 0.29) is 0 Å². The maximum absolute atomic E-state index is 4.30. The minimum absolute atomic E-state index is 0.792. The molecule has 4 nitrogen and oxygen atoms in total. The highest BCUT2D eigenvalue weighted by molar-refractivity contribution is 5.48. The molecule has 0 saturated heterocycles. The molecule has 0 aromatic heterocycles. The summed E-state index contributed by atoms with van der Waals surface area (Å²) in [5, 5.41) is 17.2. The van der Waals surface area contributed by atoms with Crippen molar-refractivity contribution in [1.82, 2.24) is 0 Å². The maximum Gasteiger partial charge on any atom is 0.0858 e. The van der Waals surface area contributed by atoms with Gasteiger partial charge >= 0.3 is 0 Å². The third kappa shape index (κ3) is 5.95. The topological polar surface area (TPSA) is 49.4 Å². The van der Waals surface area contributed by atoms with Crippen LogP contribution in [-0.4, -0.2) is 0 Å². The third-order valence-corrected chi connectivity index (χ3v) is 4.36. The van der Waals surface area contributed by atoms with Crippen molar-refractivity contribution in [2.45, 2.75) is 39.5 Å². The van der Waals surface area contributed by atoms with Gasteiger partial charge in [-0.3, -0.25) is 0 Å². The standard InChI is InChI=1S/C24H26N4/c1-3-5-19-7-11-21(12-8-19)25-27-23-15-17-24(18-16-23)28-26-22-13-9-20(6-4-2)10-14-22/h7-18H,3-6H2,1-2H3. The molecule has 0 heterocycles. The molecule has 0 bridgehead atoms. The first-order valence-corrected chi connectivity index (χ1v) is 9.88. The van der Waals surface area contributed by atoms with Crippen molar-refractivity contribution in [1.29, 1.82) is 0 Å². The van der Waals surface area contributed by atoms with Crippen LogP contribution >= 0.6 is 0 Å². The Bertz CT molecular complexity index is 830. The summed E-state index contributed by atoms with van der Waals surface area (Å²) in [5.41, 5.74) is 5.96. The highest BCUT2D eigenvalue weighted by Crippen LogP contribution is 2.24. The first-order chi connectivity index (χ1) is 13.8. The van der Waals surface area contributed by atoms with Gasteiger partial charge in [0.2, 0.25) is 0 Å². The van der Waals surface area contributed by atoms with Crippen LogP contribution in [0, 0.1) is 0 Å². The lowest BCUT2D eigenvalue weighted by Crippen LogP contribution is -1.80. The van der Waals surface area contributed by atoms with Gasteiger partial charge in [0, 0.05) is 0 Å². The summed E-state index contributed by atoms with van der Waals surface area (Å²) in [4.78, 5) is 0. The van der Waals surface area contributed by atoms with E-state index in [9.17, 15) is 0 Å². The molecule has 142 valence electrons. The second kappa shape index (κ2) is 10.3. The smallest absolute Gasteiger partial charge is 0.0858 e. The monoisotopic (exact) mass is 370 g/mol. The molecule has 0 radical (unpaired) electrons. The number of benzene rings is 3. The minimum atomic E-state index is 0.792. The predicted molar refractivity (Wildman–Crippen MR) is 116 cm³/mol. The van der Waals surface area contributed by atoms with Gasteiger partial charge < -0.3 is 0 Å². The molecular formula is C24H26N4. The van der Waals surface area contributed by atoms with Crippen molar-refractivity contribution >= 4 is 22.7 Å². The van der Waals surface area contributed by atoms with E-state index in [1.54, 1.807) is 0 Å². The lowest BCUT2D eigenvalue weighted by atomic mass is 10.1. The number of nitrogens with zero attached hydrogens (tertiary/aromatic N) is 4. The minimum Gasteiger partial charge on any atom is -0.151 e. The second-order valence-corrected chi connectivity index (χ2v) is 6.75. The first kappa shape index (κ1) is 19.6. The zero-order chi connectivity index (χ0) is 19.6.